The van der Waals surface area contributed by atoms with Crippen LogP contribution in [-0.2, 0) is 16.1 Å². The number of aromatic amines is 1. The molecule has 0 aliphatic rings. The van der Waals surface area contributed by atoms with Crippen LogP contribution in [0.15, 0.2) is 29.7 Å². The second kappa shape index (κ2) is 4.65. The molecule has 1 aromatic carbocycles. The first-order chi connectivity index (χ1) is 8.15. The quantitative estimate of drug-likeness (QED) is 0.356. The van der Waals surface area contributed by atoms with Gasteiger partial charge in [0.2, 0.25) is 0 Å². The molecule has 0 amide bonds. The molecule has 6 nitrogen and oxygen atoms in total. The fourth-order valence-electron chi connectivity index (χ4n) is 1.46. The van der Waals surface area contributed by atoms with Crippen molar-refractivity contribution in [2.75, 3.05) is 0 Å². The van der Waals surface area contributed by atoms with E-state index in [1.807, 2.05) is 18.2 Å². The van der Waals surface area contributed by atoms with Gasteiger partial charge in [0.1, 0.15) is 5.84 Å². The first-order valence-electron chi connectivity index (χ1n) is 5.07. The molecule has 1 aromatic heterocycles. The Hall–Kier alpha value is -2.37. The number of nitrogens with two attached hydrogens (primary N) is 1. The molecule has 0 saturated heterocycles. The van der Waals surface area contributed by atoms with Gasteiger partial charge in [0.15, 0.2) is 0 Å². The molecule has 88 valence electrons. The zero-order chi connectivity index (χ0) is 12.3. The molecule has 0 fully saturated rings. The van der Waals surface area contributed by atoms with Crippen LogP contribution in [0.25, 0.3) is 11.0 Å². The van der Waals surface area contributed by atoms with Crippen molar-refractivity contribution in [1.82, 2.24) is 9.97 Å². The molecule has 2 rings (SSSR count). The minimum absolute atomic E-state index is 0.249. The summed E-state index contributed by atoms with van der Waals surface area (Å²) < 4.78 is 0. The van der Waals surface area contributed by atoms with Crippen molar-refractivity contribution in [3.63, 3.8) is 0 Å². The smallest absolute Gasteiger partial charge is 0.332 e. The lowest BCUT2D eigenvalue weighted by molar-refractivity contribution is -0.140. The molecule has 3 N–H and O–H groups in total. The Kier molecular flexibility index (Phi) is 3.04. The van der Waals surface area contributed by atoms with E-state index in [2.05, 4.69) is 20.0 Å². The summed E-state index contributed by atoms with van der Waals surface area (Å²) >= 11 is 0. The molecule has 0 bridgehead atoms. The highest BCUT2D eigenvalue weighted by Gasteiger charge is 2.02. The highest BCUT2D eigenvalue weighted by Crippen LogP contribution is 2.11. The SMILES string of the molecule is CC(=O)O/N=C(\N)Cc1ccc2nc[nH]c2c1. The number of H-pyrrole nitrogens is 1. The first kappa shape index (κ1) is 11.1. The number of amidine groups is 1. The Morgan fingerprint density at radius 1 is 1.59 bits per heavy atom. The van der Waals surface area contributed by atoms with Gasteiger partial charge >= 0.3 is 5.97 Å². The van der Waals surface area contributed by atoms with Gasteiger partial charge in [0, 0.05) is 13.3 Å². The van der Waals surface area contributed by atoms with Crippen molar-refractivity contribution in [3.05, 3.63) is 30.1 Å². The minimum Gasteiger partial charge on any atom is -0.384 e. The molecule has 0 radical (unpaired) electrons. The van der Waals surface area contributed by atoms with Crippen molar-refractivity contribution in [2.24, 2.45) is 10.9 Å². The molecule has 0 atom stereocenters. The molecule has 0 aliphatic heterocycles. The average molecular weight is 232 g/mol. The summed E-state index contributed by atoms with van der Waals surface area (Å²) in [6.07, 6.45) is 2.05. The zero-order valence-corrected chi connectivity index (χ0v) is 9.30. The van der Waals surface area contributed by atoms with E-state index in [9.17, 15) is 4.79 Å². The maximum absolute atomic E-state index is 10.5. The fourth-order valence-corrected chi connectivity index (χ4v) is 1.46. The Bertz CT molecular complexity index is 574. The Morgan fingerprint density at radius 2 is 2.41 bits per heavy atom. The van der Waals surface area contributed by atoms with Gasteiger partial charge in [-0.15, -0.1) is 0 Å². The van der Waals surface area contributed by atoms with E-state index < -0.39 is 5.97 Å². The number of rotatable bonds is 3. The maximum Gasteiger partial charge on any atom is 0.332 e. The van der Waals surface area contributed by atoms with Crippen molar-refractivity contribution in [1.29, 1.82) is 0 Å². The number of benzene rings is 1. The van der Waals surface area contributed by atoms with Crippen LogP contribution in [0.4, 0.5) is 0 Å². The number of fused-ring (bicyclic) bond motifs is 1. The number of imidazole rings is 1. The van der Waals surface area contributed by atoms with Gasteiger partial charge < -0.3 is 15.6 Å². The lowest BCUT2D eigenvalue weighted by Crippen LogP contribution is -2.16. The highest BCUT2D eigenvalue weighted by molar-refractivity contribution is 5.84. The Balaban J connectivity index is 2.12. The van der Waals surface area contributed by atoms with Gasteiger partial charge in [-0.25, -0.2) is 9.78 Å². The molecule has 0 unspecified atom stereocenters. The topological polar surface area (TPSA) is 93.4 Å². The predicted molar refractivity (Wildman–Crippen MR) is 63.2 cm³/mol. The van der Waals surface area contributed by atoms with Gasteiger partial charge in [-0.3, -0.25) is 0 Å². The van der Waals surface area contributed by atoms with Crippen LogP contribution in [0, 0.1) is 0 Å². The monoisotopic (exact) mass is 232 g/mol. The number of carbonyl (C=O) groups is 1. The second-order valence-corrected chi connectivity index (χ2v) is 3.60. The van der Waals surface area contributed by atoms with E-state index in [0.717, 1.165) is 16.6 Å². The van der Waals surface area contributed by atoms with Crippen LogP contribution >= 0.6 is 0 Å². The van der Waals surface area contributed by atoms with E-state index in [1.54, 1.807) is 6.33 Å². The number of hydrogen-bond donors (Lipinski definition) is 2. The fraction of sp³-hybridized carbons (Fsp3) is 0.182. The summed E-state index contributed by atoms with van der Waals surface area (Å²) in [5, 5.41) is 3.51. The zero-order valence-electron chi connectivity index (χ0n) is 9.30. The Morgan fingerprint density at radius 3 is 3.18 bits per heavy atom. The maximum atomic E-state index is 10.5. The summed E-state index contributed by atoms with van der Waals surface area (Å²) in [5.41, 5.74) is 8.41. The molecule has 0 spiro atoms. The molecule has 17 heavy (non-hydrogen) atoms. The third kappa shape index (κ3) is 2.81. The lowest BCUT2D eigenvalue weighted by Gasteiger charge is -2.00. The third-order valence-corrected chi connectivity index (χ3v) is 2.16. The van der Waals surface area contributed by atoms with Crippen LogP contribution < -0.4 is 5.73 Å². The minimum atomic E-state index is -0.489. The number of hydrogen-bond acceptors (Lipinski definition) is 4. The molecule has 0 aliphatic carbocycles. The standard InChI is InChI=1S/C11H12N4O2/c1-7(16)17-15-11(12)5-8-2-3-9-10(4-8)14-6-13-9/h2-4,6H,5H2,1H3,(H2,12,15)(H,13,14). The molecule has 6 heteroatoms. The molecule has 1 heterocycles. The molecule has 2 aromatic rings. The predicted octanol–water partition coefficient (Wildman–Crippen LogP) is 0.941. The van der Waals surface area contributed by atoms with Crippen LogP contribution in [0.3, 0.4) is 0 Å². The van der Waals surface area contributed by atoms with Crippen molar-refractivity contribution < 1.29 is 9.63 Å². The molecular weight excluding hydrogens is 220 g/mol. The number of oxime groups is 1. The second-order valence-electron chi connectivity index (χ2n) is 3.60. The van der Waals surface area contributed by atoms with Gasteiger partial charge in [-0.1, -0.05) is 11.2 Å². The van der Waals surface area contributed by atoms with E-state index in [-0.39, 0.29) is 5.84 Å². The normalized spacial score (nSPS) is 11.7. The van der Waals surface area contributed by atoms with Gasteiger partial charge in [-0.2, -0.15) is 0 Å². The van der Waals surface area contributed by atoms with E-state index >= 15 is 0 Å². The van der Waals surface area contributed by atoms with Crippen LogP contribution in [-0.4, -0.2) is 21.8 Å². The number of aromatic nitrogens is 2. The van der Waals surface area contributed by atoms with Crippen LogP contribution in [0.2, 0.25) is 0 Å². The lowest BCUT2D eigenvalue weighted by atomic mass is 10.1. The number of nitrogens with zero attached hydrogens (tertiary/aromatic N) is 2. The largest absolute Gasteiger partial charge is 0.384 e. The molecule has 0 saturated carbocycles. The Labute approximate surface area is 97.5 Å². The van der Waals surface area contributed by atoms with E-state index in [1.165, 1.54) is 6.92 Å². The van der Waals surface area contributed by atoms with Crippen molar-refractivity contribution in [2.45, 2.75) is 13.3 Å². The van der Waals surface area contributed by atoms with Crippen LogP contribution in [0.5, 0.6) is 0 Å². The summed E-state index contributed by atoms with van der Waals surface area (Å²) in [6, 6.07) is 5.72. The number of carbonyl (C=O) groups excluding carboxylic acids is 1. The van der Waals surface area contributed by atoms with E-state index in [4.69, 9.17) is 5.73 Å². The van der Waals surface area contributed by atoms with Gasteiger partial charge in [0.25, 0.3) is 0 Å². The summed E-state index contributed by atoms with van der Waals surface area (Å²) in [5.74, 6) is -0.240. The van der Waals surface area contributed by atoms with Crippen molar-refractivity contribution in [3.8, 4) is 0 Å². The van der Waals surface area contributed by atoms with Gasteiger partial charge in [-0.05, 0) is 17.7 Å². The summed E-state index contributed by atoms with van der Waals surface area (Å²) in [6.45, 7) is 1.27. The van der Waals surface area contributed by atoms with Crippen LogP contribution in [0.1, 0.15) is 12.5 Å². The summed E-state index contributed by atoms with van der Waals surface area (Å²) in [4.78, 5) is 22.1. The third-order valence-electron chi connectivity index (χ3n) is 2.16. The van der Waals surface area contributed by atoms with E-state index in [0.29, 0.717) is 6.42 Å². The summed E-state index contributed by atoms with van der Waals surface area (Å²) in [7, 11) is 0. The highest BCUT2D eigenvalue weighted by atomic mass is 16.7. The van der Waals surface area contributed by atoms with Crippen molar-refractivity contribution >= 4 is 22.8 Å². The molecular formula is C11H12N4O2. The van der Waals surface area contributed by atoms with Gasteiger partial charge in [0.05, 0.1) is 17.4 Å². The first-order valence-corrected chi connectivity index (χ1v) is 5.07. The average Bonchev–Trinajstić information content (AvgIpc) is 2.73. The number of nitrogens with one attached hydrogen (secondary N) is 1.